The summed E-state index contributed by atoms with van der Waals surface area (Å²) >= 11 is 0. The minimum Gasteiger partial charge on any atom is -0.481 e. The average Bonchev–Trinajstić information content (AvgIpc) is 2.33. The van der Waals surface area contributed by atoms with Crippen LogP contribution >= 0.6 is 0 Å². The third kappa shape index (κ3) is 10.6. The predicted octanol–water partition coefficient (Wildman–Crippen LogP) is 2.15. The fraction of sp³-hybridized carbons (Fsp3) is 0.786. The number of carbonyl (C=O) groups is 3. The van der Waals surface area contributed by atoms with Crippen molar-refractivity contribution < 1.29 is 29.0 Å². The minimum absolute atomic E-state index is 0.0143. The van der Waals surface area contributed by atoms with Gasteiger partial charge < -0.3 is 19.9 Å². The van der Waals surface area contributed by atoms with Gasteiger partial charge in [-0.1, -0.05) is 20.8 Å². The molecular formula is C14H25NO6. The zero-order valence-corrected chi connectivity index (χ0v) is 13.0. The summed E-state index contributed by atoms with van der Waals surface area (Å²) in [6, 6.07) is 0. The summed E-state index contributed by atoms with van der Waals surface area (Å²) in [6.45, 7) is 7.13. The Labute approximate surface area is 125 Å². The van der Waals surface area contributed by atoms with Crippen LogP contribution in [0.2, 0.25) is 0 Å². The molecule has 21 heavy (non-hydrogen) atoms. The number of nitrogens with one attached hydrogen (secondary N) is 1. The SMILES string of the molecule is CCC(OC(C)=O)OC(=O)NC[C@H](CC(=O)O)CC(C)C. The molecule has 0 aromatic heterocycles. The number of aliphatic carboxylic acids is 1. The van der Waals surface area contributed by atoms with Crippen LogP contribution in [0, 0.1) is 11.8 Å². The van der Waals surface area contributed by atoms with Crippen molar-refractivity contribution in [1.82, 2.24) is 5.32 Å². The summed E-state index contributed by atoms with van der Waals surface area (Å²) in [5.41, 5.74) is 0. The Kier molecular flexibility index (Phi) is 9.16. The van der Waals surface area contributed by atoms with Gasteiger partial charge in [-0.05, 0) is 18.3 Å². The van der Waals surface area contributed by atoms with E-state index in [4.69, 9.17) is 14.6 Å². The van der Waals surface area contributed by atoms with Gasteiger partial charge in [0.1, 0.15) is 0 Å². The van der Waals surface area contributed by atoms with Gasteiger partial charge in [-0.2, -0.15) is 0 Å². The monoisotopic (exact) mass is 303 g/mol. The van der Waals surface area contributed by atoms with E-state index in [1.54, 1.807) is 6.92 Å². The van der Waals surface area contributed by atoms with Crippen LogP contribution in [0.3, 0.4) is 0 Å². The topological polar surface area (TPSA) is 102 Å². The van der Waals surface area contributed by atoms with Crippen molar-refractivity contribution in [3.8, 4) is 0 Å². The highest BCUT2D eigenvalue weighted by atomic mass is 16.7. The van der Waals surface area contributed by atoms with Crippen LogP contribution in [-0.2, 0) is 19.1 Å². The zero-order chi connectivity index (χ0) is 16.4. The number of rotatable bonds is 9. The van der Waals surface area contributed by atoms with Gasteiger partial charge in [0.25, 0.3) is 0 Å². The third-order valence-electron chi connectivity index (χ3n) is 2.67. The molecule has 0 aromatic rings. The Balaban J connectivity index is 4.27. The fourth-order valence-electron chi connectivity index (χ4n) is 1.92. The van der Waals surface area contributed by atoms with Gasteiger partial charge in [0, 0.05) is 26.3 Å². The molecule has 2 atom stereocenters. The third-order valence-corrected chi connectivity index (χ3v) is 2.67. The van der Waals surface area contributed by atoms with Gasteiger partial charge in [0.15, 0.2) is 0 Å². The molecule has 0 saturated heterocycles. The van der Waals surface area contributed by atoms with Crippen LogP contribution in [-0.4, -0.2) is 36.0 Å². The molecule has 7 nitrogen and oxygen atoms in total. The summed E-state index contributed by atoms with van der Waals surface area (Å²) in [5, 5.41) is 11.4. The molecule has 2 N–H and O–H groups in total. The number of hydrogen-bond acceptors (Lipinski definition) is 5. The number of hydrogen-bond donors (Lipinski definition) is 2. The van der Waals surface area contributed by atoms with E-state index in [1.807, 2.05) is 13.8 Å². The highest BCUT2D eigenvalue weighted by Crippen LogP contribution is 2.15. The molecule has 0 radical (unpaired) electrons. The molecule has 0 bridgehead atoms. The maximum absolute atomic E-state index is 11.6. The normalized spacial score (nSPS) is 13.4. The first-order valence-electron chi connectivity index (χ1n) is 7.08. The molecule has 0 rings (SSSR count). The second-order valence-electron chi connectivity index (χ2n) is 5.33. The first-order valence-corrected chi connectivity index (χ1v) is 7.08. The lowest BCUT2D eigenvalue weighted by molar-refractivity contribution is -0.165. The molecule has 1 unspecified atom stereocenters. The molecule has 7 heteroatoms. The standard InChI is InChI=1S/C14H25NO6/c1-5-13(20-10(4)16)21-14(19)15-8-11(6-9(2)3)7-12(17)18/h9,11,13H,5-8H2,1-4H3,(H,15,19)(H,17,18)/t11-,13?/m0/s1. The van der Waals surface area contributed by atoms with E-state index in [0.29, 0.717) is 18.8 Å². The average molecular weight is 303 g/mol. The van der Waals surface area contributed by atoms with Gasteiger partial charge >= 0.3 is 18.0 Å². The molecule has 0 aromatic carbocycles. The van der Waals surface area contributed by atoms with Gasteiger partial charge in [-0.3, -0.25) is 9.59 Å². The van der Waals surface area contributed by atoms with Gasteiger partial charge in [0.2, 0.25) is 6.29 Å². The quantitative estimate of drug-likeness (QED) is 0.500. The number of esters is 1. The van der Waals surface area contributed by atoms with Crippen LogP contribution in [0.1, 0.15) is 47.0 Å². The van der Waals surface area contributed by atoms with E-state index >= 15 is 0 Å². The van der Waals surface area contributed by atoms with E-state index < -0.39 is 24.3 Å². The van der Waals surface area contributed by atoms with Crippen molar-refractivity contribution in [1.29, 1.82) is 0 Å². The van der Waals surface area contributed by atoms with Crippen LogP contribution in [0.25, 0.3) is 0 Å². The van der Waals surface area contributed by atoms with E-state index in [0.717, 1.165) is 0 Å². The van der Waals surface area contributed by atoms with Crippen molar-refractivity contribution >= 4 is 18.0 Å². The molecule has 0 fully saturated rings. The maximum atomic E-state index is 11.6. The lowest BCUT2D eigenvalue weighted by Gasteiger charge is -2.19. The summed E-state index contributed by atoms with van der Waals surface area (Å²) in [4.78, 5) is 33.2. The highest BCUT2D eigenvalue weighted by Gasteiger charge is 2.19. The number of carboxylic acid groups (broad SMARTS) is 1. The predicted molar refractivity (Wildman–Crippen MR) is 75.5 cm³/mol. The van der Waals surface area contributed by atoms with E-state index in [2.05, 4.69) is 5.32 Å². The first kappa shape index (κ1) is 19.2. The van der Waals surface area contributed by atoms with Crippen molar-refractivity contribution in [3.63, 3.8) is 0 Å². The number of alkyl carbamates (subject to hydrolysis) is 1. The van der Waals surface area contributed by atoms with Crippen molar-refractivity contribution in [3.05, 3.63) is 0 Å². The summed E-state index contributed by atoms with van der Waals surface area (Å²) in [5.74, 6) is -1.26. The van der Waals surface area contributed by atoms with Crippen LogP contribution < -0.4 is 5.32 Å². The molecule has 0 spiro atoms. The molecule has 0 saturated carbocycles. The van der Waals surface area contributed by atoms with E-state index in [-0.39, 0.29) is 18.9 Å². The summed E-state index contributed by atoms with van der Waals surface area (Å²) in [7, 11) is 0. The zero-order valence-electron chi connectivity index (χ0n) is 13.0. The largest absolute Gasteiger partial charge is 0.481 e. The molecule has 0 aliphatic carbocycles. The summed E-state index contributed by atoms with van der Waals surface area (Å²) < 4.78 is 9.72. The minimum atomic E-state index is -0.925. The Morgan fingerprint density at radius 1 is 1.19 bits per heavy atom. The first-order chi connectivity index (χ1) is 9.74. The maximum Gasteiger partial charge on any atom is 0.410 e. The Bertz CT molecular complexity index is 355. The van der Waals surface area contributed by atoms with Gasteiger partial charge in [-0.15, -0.1) is 0 Å². The lowest BCUT2D eigenvalue weighted by Crippen LogP contribution is -2.35. The second kappa shape index (κ2) is 10.0. The lowest BCUT2D eigenvalue weighted by atomic mass is 9.94. The molecule has 0 aliphatic heterocycles. The fourth-order valence-corrected chi connectivity index (χ4v) is 1.92. The summed E-state index contributed by atoms with van der Waals surface area (Å²) in [6.07, 6.45) is -0.627. The highest BCUT2D eigenvalue weighted by molar-refractivity contribution is 5.69. The van der Waals surface area contributed by atoms with Crippen LogP contribution in [0.5, 0.6) is 0 Å². The molecule has 0 aliphatic rings. The molecular weight excluding hydrogens is 278 g/mol. The number of amides is 1. The number of carbonyl (C=O) groups excluding carboxylic acids is 2. The molecule has 1 amide bonds. The van der Waals surface area contributed by atoms with E-state index in [9.17, 15) is 14.4 Å². The smallest absolute Gasteiger partial charge is 0.410 e. The van der Waals surface area contributed by atoms with Gasteiger partial charge in [0.05, 0.1) is 0 Å². The Morgan fingerprint density at radius 2 is 1.81 bits per heavy atom. The molecule has 122 valence electrons. The van der Waals surface area contributed by atoms with Crippen LogP contribution in [0.15, 0.2) is 0 Å². The number of ether oxygens (including phenoxy) is 2. The van der Waals surface area contributed by atoms with Crippen molar-refractivity contribution in [2.45, 2.75) is 53.2 Å². The Morgan fingerprint density at radius 3 is 2.24 bits per heavy atom. The number of carboxylic acids is 1. The van der Waals surface area contributed by atoms with Crippen LogP contribution in [0.4, 0.5) is 4.79 Å². The second-order valence-corrected chi connectivity index (χ2v) is 5.33. The Hall–Kier alpha value is -1.79. The molecule has 0 heterocycles. The van der Waals surface area contributed by atoms with E-state index in [1.165, 1.54) is 6.92 Å². The van der Waals surface area contributed by atoms with Gasteiger partial charge in [-0.25, -0.2) is 4.79 Å². The van der Waals surface area contributed by atoms with Crippen molar-refractivity contribution in [2.75, 3.05) is 6.54 Å². The van der Waals surface area contributed by atoms with Crippen molar-refractivity contribution in [2.24, 2.45) is 11.8 Å².